The standard InChI is InChI=1S/C12H22N4O2/c1-3-7-18-12-10-14-9-11(16-12)15-5-4-13-6-8-17-2/h9-10,13H,3-8H2,1-2H3,(H,15,16). The van der Waals surface area contributed by atoms with Gasteiger partial charge in [0, 0.05) is 26.7 Å². The van der Waals surface area contributed by atoms with Crippen molar-refractivity contribution < 1.29 is 9.47 Å². The number of methoxy groups -OCH3 is 1. The Morgan fingerprint density at radius 2 is 2.06 bits per heavy atom. The molecule has 0 fully saturated rings. The van der Waals surface area contributed by atoms with Gasteiger partial charge in [-0.25, -0.2) is 0 Å². The van der Waals surface area contributed by atoms with Crippen molar-refractivity contribution in [2.75, 3.05) is 45.3 Å². The fourth-order valence-electron chi connectivity index (χ4n) is 1.29. The van der Waals surface area contributed by atoms with Crippen LogP contribution in [0.4, 0.5) is 5.82 Å². The van der Waals surface area contributed by atoms with Crippen LogP contribution in [0.1, 0.15) is 13.3 Å². The highest BCUT2D eigenvalue weighted by Gasteiger charge is 1.98. The second kappa shape index (κ2) is 9.61. The van der Waals surface area contributed by atoms with E-state index in [9.17, 15) is 0 Å². The molecule has 1 heterocycles. The number of ether oxygens (including phenoxy) is 2. The van der Waals surface area contributed by atoms with Crippen molar-refractivity contribution in [3.05, 3.63) is 12.4 Å². The molecule has 6 heteroatoms. The van der Waals surface area contributed by atoms with E-state index in [0.29, 0.717) is 12.5 Å². The van der Waals surface area contributed by atoms with E-state index in [-0.39, 0.29) is 0 Å². The van der Waals surface area contributed by atoms with E-state index in [1.165, 1.54) is 0 Å². The Kier molecular flexibility index (Phi) is 7.83. The number of anilines is 1. The summed E-state index contributed by atoms with van der Waals surface area (Å²) in [6.45, 7) is 5.93. The van der Waals surface area contributed by atoms with Crippen LogP contribution >= 0.6 is 0 Å². The van der Waals surface area contributed by atoms with Crippen LogP contribution in [-0.2, 0) is 4.74 Å². The van der Waals surface area contributed by atoms with Gasteiger partial charge in [0.2, 0.25) is 5.88 Å². The van der Waals surface area contributed by atoms with Gasteiger partial charge < -0.3 is 20.1 Å². The van der Waals surface area contributed by atoms with Crippen molar-refractivity contribution in [2.45, 2.75) is 13.3 Å². The smallest absolute Gasteiger partial charge is 0.234 e. The summed E-state index contributed by atoms with van der Waals surface area (Å²) in [4.78, 5) is 8.37. The lowest BCUT2D eigenvalue weighted by molar-refractivity contribution is 0.200. The molecule has 1 aromatic rings. The third kappa shape index (κ3) is 6.36. The maximum atomic E-state index is 5.41. The lowest BCUT2D eigenvalue weighted by atomic mass is 10.5. The Morgan fingerprint density at radius 1 is 1.17 bits per heavy atom. The first-order valence-electron chi connectivity index (χ1n) is 6.25. The molecule has 0 aliphatic carbocycles. The molecule has 2 N–H and O–H groups in total. The van der Waals surface area contributed by atoms with Crippen LogP contribution in [0.2, 0.25) is 0 Å². The van der Waals surface area contributed by atoms with Crippen LogP contribution in [0.15, 0.2) is 12.4 Å². The van der Waals surface area contributed by atoms with Gasteiger partial charge in [0.15, 0.2) is 0 Å². The van der Waals surface area contributed by atoms with Gasteiger partial charge in [0.05, 0.1) is 25.6 Å². The van der Waals surface area contributed by atoms with Gasteiger partial charge in [-0.3, -0.25) is 4.98 Å². The summed E-state index contributed by atoms with van der Waals surface area (Å²) in [5, 5.41) is 6.42. The number of nitrogens with zero attached hydrogens (tertiary/aromatic N) is 2. The van der Waals surface area contributed by atoms with E-state index >= 15 is 0 Å². The molecule has 18 heavy (non-hydrogen) atoms. The minimum Gasteiger partial charge on any atom is -0.477 e. The quantitative estimate of drug-likeness (QED) is 0.605. The Hall–Kier alpha value is -1.40. The molecule has 0 saturated carbocycles. The molecule has 102 valence electrons. The molecule has 0 aliphatic heterocycles. The lowest BCUT2D eigenvalue weighted by Gasteiger charge is -2.08. The van der Waals surface area contributed by atoms with Gasteiger partial charge in [0.25, 0.3) is 0 Å². The molecular formula is C12H22N4O2. The highest BCUT2D eigenvalue weighted by molar-refractivity contribution is 5.33. The zero-order chi connectivity index (χ0) is 13.1. The summed E-state index contributed by atoms with van der Waals surface area (Å²) in [7, 11) is 1.69. The molecule has 0 aliphatic rings. The summed E-state index contributed by atoms with van der Waals surface area (Å²) in [6, 6.07) is 0. The fraction of sp³-hybridized carbons (Fsp3) is 0.667. The number of nitrogens with one attached hydrogen (secondary N) is 2. The zero-order valence-electron chi connectivity index (χ0n) is 11.1. The molecule has 0 bridgehead atoms. The predicted molar refractivity (Wildman–Crippen MR) is 71.1 cm³/mol. The summed E-state index contributed by atoms with van der Waals surface area (Å²) >= 11 is 0. The molecule has 6 nitrogen and oxygen atoms in total. The van der Waals surface area contributed by atoms with Crippen molar-refractivity contribution in [2.24, 2.45) is 0 Å². The van der Waals surface area contributed by atoms with E-state index in [2.05, 4.69) is 27.5 Å². The van der Waals surface area contributed by atoms with Gasteiger partial charge in [-0.05, 0) is 6.42 Å². The molecule has 0 atom stereocenters. The van der Waals surface area contributed by atoms with Gasteiger partial charge in [0.1, 0.15) is 5.82 Å². The minimum atomic E-state index is 0.564. The van der Waals surface area contributed by atoms with E-state index in [1.807, 2.05) is 0 Å². The Balaban J connectivity index is 2.20. The lowest BCUT2D eigenvalue weighted by Crippen LogP contribution is -2.25. The maximum Gasteiger partial charge on any atom is 0.234 e. The largest absolute Gasteiger partial charge is 0.477 e. The summed E-state index contributed by atoms with van der Waals surface area (Å²) < 4.78 is 10.3. The highest BCUT2D eigenvalue weighted by atomic mass is 16.5. The number of aromatic nitrogens is 2. The highest BCUT2D eigenvalue weighted by Crippen LogP contribution is 2.08. The first-order chi connectivity index (χ1) is 8.86. The van der Waals surface area contributed by atoms with E-state index in [0.717, 1.165) is 38.5 Å². The molecule has 0 unspecified atom stereocenters. The zero-order valence-corrected chi connectivity index (χ0v) is 11.1. The molecule has 1 aromatic heterocycles. The topological polar surface area (TPSA) is 68.3 Å². The molecule has 0 aromatic carbocycles. The van der Waals surface area contributed by atoms with Crippen molar-refractivity contribution in [1.29, 1.82) is 0 Å². The minimum absolute atomic E-state index is 0.564. The average molecular weight is 254 g/mol. The van der Waals surface area contributed by atoms with Crippen molar-refractivity contribution >= 4 is 5.82 Å². The van der Waals surface area contributed by atoms with Crippen LogP contribution in [-0.4, -0.2) is 49.9 Å². The summed E-state index contributed by atoms with van der Waals surface area (Å²) in [5.41, 5.74) is 0. The van der Waals surface area contributed by atoms with Crippen molar-refractivity contribution in [3.63, 3.8) is 0 Å². The molecule has 0 radical (unpaired) electrons. The third-order valence-corrected chi connectivity index (χ3v) is 2.16. The number of hydrogen-bond donors (Lipinski definition) is 2. The number of hydrogen-bond acceptors (Lipinski definition) is 6. The van der Waals surface area contributed by atoms with Crippen LogP contribution in [0.5, 0.6) is 5.88 Å². The van der Waals surface area contributed by atoms with Gasteiger partial charge >= 0.3 is 0 Å². The molecule has 0 amide bonds. The van der Waals surface area contributed by atoms with E-state index < -0.39 is 0 Å². The van der Waals surface area contributed by atoms with Crippen LogP contribution < -0.4 is 15.4 Å². The molecule has 1 rings (SSSR count). The van der Waals surface area contributed by atoms with Gasteiger partial charge in [-0.15, -0.1) is 0 Å². The van der Waals surface area contributed by atoms with Crippen LogP contribution in [0.3, 0.4) is 0 Å². The second-order valence-corrected chi connectivity index (χ2v) is 3.76. The number of rotatable bonds is 10. The fourth-order valence-corrected chi connectivity index (χ4v) is 1.29. The Morgan fingerprint density at radius 3 is 2.83 bits per heavy atom. The van der Waals surface area contributed by atoms with Crippen LogP contribution in [0, 0.1) is 0 Å². The Labute approximate surface area is 108 Å². The monoisotopic (exact) mass is 254 g/mol. The van der Waals surface area contributed by atoms with Gasteiger partial charge in [-0.1, -0.05) is 6.92 Å². The molecule has 0 spiro atoms. The van der Waals surface area contributed by atoms with E-state index in [4.69, 9.17) is 9.47 Å². The summed E-state index contributed by atoms with van der Waals surface area (Å²) in [6.07, 6.45) is 4.27. The normalized spacial score (nSPS) is 10.3. The average Bonchev–Trinajstić information content (AvgIpc) is 2.41. The first kappa shape index (κ1) is 14.7. The Bertz CT molecular complexity index is 323. The third-order valence-electron chi connectivity index (χ3n) is 2.16. The van der Waals surface area contributed by atoms with Crippen molar-refractivity contribution in [1.82, 2.24) is 15.3 Å². The summed E-state index contributed by atoms with van der Waals surface area (Å²) in [5.74, 6) is 1.30. The van der Waals surface area contributed by atoms with Crippen molar-refractivity contribution in [3.8, 4) is 5.88 Å². The maximum absolute atomic E-state index is 5.41. The predicted octanol–water partition coefficient (Wildman–Crippen LogP) is 0.913. The molecule has 0 saturated heterocycles. The van der Waals surface area contributed by atoms with Gasteiger partial charge in [-0.2, -0.15) is 4.98 Å². The SMILES string of the molecule is CCCOc1cncc(NCCNCCOC)n1. The first-order valence-corrected chi connectivity index (χ1v) is 6.25. The van der Waals surface area contributed by atoms with E-state index in [1.54, 1.807) is 19.5 Å². The van der Waals surface area contributed by atoms with Crippen LogP contribution in [0.25, 0.3) is 0 Å². The second-order valence-electron chi connectivity index (χ2n) is 3.76. The molecular weight excluding hydrogens is 232 g/mol.